The molecule has 2 aliphatic rings. The Morgan fingerprint density at radius 3 is 2.41 bits per heavy atom. The molecular weight excluding hydrogens is 390 g/mol. The van der Waals surface area contributed by atoms with Crippen molar-refractivity contribution in [3.05, 3.63) is 40.9 Å². The molecule has 0 radical (unpaired) electrons. The zero-order valence-corrected chi connectivity index (χ0v) is 17.7. The second-order valence-corrected chi connectivity index (χ2v) is 8.00. The number of Topliss-reactive ketones (excluding diaryl/α,β-unsaturated/α-hetero) is 1. The first-order chi connectivity index (χ1) is 14.0. The summed E-state index contributed by atoms with van der Waals surface area (Å²) in [6.07, 6.45) is 1.42. The van der Waals surface area contributed by atoms with Crippen molar-refractivity contribution >= 4 is 35.1 Å². The van der Waals surface area contributed by atoms with E-state index >= 15 is 0 Å². The Labute approximate surface area is 175 Å². The van der Waals surface area contributed by atoms with Gasteiger partial charge in [0.25, 0.3) is 0 Å². The van der Waals surface area contributed by atoms with Crippen molar-refractivity contribution in [2.45, 2.75) is 13.8 Å². The van der Waals surface area contributed by atoms with Gasteiger partial charge < -0.3 is 14.5 Å². The highest BCUT2D eigenvalue weighted by molar-refractivity contribution is 8.04. The van der Waals surface area contributed by atoms with Gasteiger partial charge in [-0.25, -0.2) is 4.79 Å². The zero-order chi connectivity index (χ0) is 20.8. The Kier molecular flexibility index (Phi) is 7.33. The van der Waals surface area contributed by atoms with Gasteiger partial charge in [-0.2, -0.15) is 0 Å². The molecule has 0 atom stereocenters. The predicted octanol–water partition coefficient (Wildman–Crippen LogP) is 1.99. The Morgan fingerprint density at radius 2 is 1.79 bits per heavy atom. The third-order valence-electron chi connectivity index (χ3n) is 5.09. The topological polar surface area (TPSA) is 70.2 Å². The van der Waals surface area contributed by atoms with Crippen LogP contribution in [0, 0.1) is 0 Å². The SMILES string of the molecule is CCOC(=O)/C=C1\SCC(=O)N1CCN1CCN(c2ccc(C(C)=O)cc2)CC1. The standard InChI is InChI=1S/C21H27N3O4S/c1-3-28-21(27)14-20-24(19(26)15-29-20)13-10-22-8-11-23(12-9-22)18-6-4-17(5-7-18)16(2)25/h4-7,14H,3,8-13,15H2,1-2H3/b20-14-. The van der Waals surface area contributed by atoms with Crippen molar-refractivity contribution in [3.63, 3.8) is 0 Å². The number of ketones is 1. The molecule has 0 aliphatic carbocycles. The minimum absolute atomic E-state index is 0.0368. The monoisotopic (exact) mass is 417 g/mol. The molecule has 0 bridgehead atoms. The van der Waals surface area contributed by atoms with E-state index in [1.165, 1.54) is 17.8 Å². The summed E-state index contributed by atoms with van der Waals surface area (Å²) in [5, 5.41) is 0.678. The van der Waals surface area contributed by atoms with Gasteiger partial charge in [-0.1, -0.05) is 11.8 Å². The molecule has 0 saturated carbocycles. The van der Waals surface area contributed by atoms with Crippen LogP contribution in [-0.2, 0) is 14.3 Å². The zero-order valence-electron chi connectivity index (χ0n) is 16.9. The van der Waals surface area contributed by atoms with Crippen LogP contribution in [0.4, 0.5) is 5.69 Å². The third kappa shape index (κ3) is 5.61. The highest BCUT2D eigenvalue weighted by Crippen LogP contribution is 2.28. The first kappa shape index (κ1) is 21.4. The molecule has 2 heterocycles. The van der Waals surface area contributed by atoms with E-state index in [4.69, 9.17) is 4.74 Å². The summed E-state index contributed by atoms with van der Waals surface area (Å²) in [7, 11) is 0. The van der Waals surface area contributed by atoms with Gasteiger partial charge in [0.05, 0.1) is 23.5 Å². The minimum atomic E-state index is -0.404. The summed E-state index contributed by atoms with van der Waals surface area (Å²) in [4.78, 5) is 41.6. The highest BCUT2D eigenvalue weighted by atomic mass is 32.2. The fourth-order valence-corrected chi connectivity index (χ4v) is 4.39. The Balaban J connectivity index is 1.49. The van der Waals surface area contributed by atoms with Gasteiger partial charge in [0.1, 0.15) is 0 Å². The maximum Gasteiger partial charge on any atom is 0.333 e. The Bertz CT molecular complexity index is 786. The summed E-state index contributed by atoms with van der Waals surface area (Å²) < 4.78 is 4.95. The lowest BCUT2D eigenvalue weighted by Gasteiger charge is -2.36. The molecule has 1 amide bonds. The van der Waals surface area contributed by atoms with Crippen molar-refractivity contribution in [1.29, 1.82) is 0 Å². The second-order valence-electron chi connectivity index (χ2n) is 7.00. The number of nitrogens with zero attached hydrogens (tertiary/aromatic N) is 3. The molecule has 156 valence electrons. The maximum absolute atomic E-state index is 12.2. The van der Waals surface area contributed by atoms with Crippen LogP contribution in [0.5, 0.6) is 0 Å². The normalized spacial score (nSPS) is 19.1. The van der Waals surface area contributed by atoms with E-state index in [0.717, 1.165) is 44.0 Å². The molecule has 2 fully saturated rings. The number of hydrogen-bond acceptors (Lipinski definition) is 7. The lowest BCUT2D eigenvalue weighted by Crippen LogP contribution is -2.48. The summed E-state index contributed by atoms with van der Waals surface area (Å²) in [5.74, 6) is 0.0798. The van der Waals surface area contributed by atoms with Crippen molar-refractivity contribution < 1.29 is 19.1 Å². The van der Waals surface area contributed by atoms with Gasteiger partial charge in [0.2, 0.25) is 5.91 Å². The molecule has 29 heavy (non-hydrogen) atoms. The van der Waals surface area contributed by atoms with E-state index in [2.05, 4.69) is 9.80 Å². The van der Waals surface area contributed by atoms with Crippen LogP contribution in [0.15, 0.2) is 35.4 Å². The van der Waals surface area contributed by atoms with Crippen molar-refractivity contribution in [2.75, 3.05) is 56.5 Å². The molecule has 0 spiro atoms. The lowest BCUT2D eigenvalue weighted by molar-refractivity contribution is -0.137. The predicted molar refractivity (Wildman–Crippen MR) is 114 cm³/mol. The molecule has 2 saturated heterocycles. The fourth-order valence-electron chi connectivity index (χ4n) is 3.43. The van der Waals surface area contributed by atoms with E-state index in [9.17, 15) is 14.4 Å². The number of carbonyl (C=O) groups is 3. The van der Waals surface area contributed by atoms with Crippen molar-refractivity contribution in [2.24, 2.45) is 0 Å². The molecule has 1 aromatic rings. The van der Waals surface area contributed by atoms with Gasteiger partial charge in [0.15, 0.2) is 5.78 Å². The average Bonchev–Trinajstić information content (AvgIpc) is 3.06. The second kappa shape index (κ2) is 9.93. The van der Waals surface area contributed by atoms with Crippen molar-refractivity contribution in [1.82, 2.24) is 9.80 Å². The number of esters is 1. The number of hydrogen-bond donors (Lipinski definition) is 0. The number of piperazine rings is 1. The van der Waals surface area contributed by atoms with E-state index in [1.807, 2.05) is 24.3 Å². The van der Waals surface area contributed by atoms with Crippen LogP contribution >= 0.6 is 11.8 Å². The summed E-state index contributed by atoms with van der Waals surface area (Å²) in [5.41, 5.74) is 1.85. The van der Waals surface area contributed by atoms with E-state index in [-0.39, 0.29) is 11.7 Å². The van der Waals surface area contributed by atoms with E-state index < -0.39 is 5.97 Å². The molecule has 1 aromatic carbocycles. The Morgan fingerprint density at radius 1 is 1.10 bits per heavy atom. The van der Waals surface area contributed by atoms with Gasteiger partial charge in [-0.15, -0.1) is 0 Å². The molecule has 8 heteroatoms. The molecule has 0 N–H and O–H groups in total. The number of benzene rings is 1. The van der Waals surface area contributed by atoms with E-state index in [0.29, 0.717) is 23.9 Å². The average molecular weight is 418 g/mol. The molecule has 0 unspecified atom stereocenters. The number of amides is 1. The number of rotatable bonds is 7. The van der Waals surface area contributed by atoms with Gasteiger partial charge in [0, 0.05) is 50.5 Å². The summed E-state index contributed by atoms with van der Waals surface area (Å²) in [6.45, 7) is 8.60. The summed E-state index contributed by atoms with van der Waals surface area (Å²) >= 11 is 1.39. The van der Waals surface area contributed by atoms with Crippen molar-refractivity contribution in [3.8, 4) is 0 Å². The van der Waals surface area contributed by atoms with Gasteiger partial charge in [-0.05, 0) is 38.1 Å². The third-order valence-corrected chi connectivity index (χ3v) is 6.11. The van der Waals surface area contributed by atoms with Crippen LogP contribution in [0.1, 0.15) is 24.2 Å². The van der Waals surface area contributed by atoms with Crippen LogP contribution in [0.3, 0.4) is 0 Å². The number of ether oxygens (including phenoxy) is 1. The smallest absolute Gasteiger partial charge is 0.333 e. The van der Waals surface area contributed by atoms with Gasteiger partial charge in [-0.3, -0.25) is 14.5 Å². The van der Waals surface area contributed by atoms with Crippen LogP contribution in [0.25, 0.3) is 0 Å². The first-order valence-corrected chi connectivity index (χ1v) is 10.9. The first-order valence-electron chi connectivity index (χ1n) is 9.88. The quantitative estimate of drug-likeness (QED) is 0.382. The molecule has 2 aliphatic heterocycles. The Hall–Kier alpha value is -2.32. The number of carbonyl (C=O) groups excluding carboxylic acids is 3. The summed E-state index contributed by atoms with van der Waals surface area (Å²) in [6, 6.07) is 7.74. The molecule has 0 aromatic heterocycles. The van der Waals surface area contributed by atoms with Crippen LogP contribution in [0.2, 0.25) is 0 Å². The highest BCUT2D eigenvalue weighted by Gasteiger charge is 2.28. The van der Waals surface area contributed by atoms with E-state index in [1.54, 1.807) is 18.7 Å². The lowest BCUT2D eigenvalue weighted by atomic mass is 10.1. The minimum Gasteiger partial charge on any atom is -0.463 e. The largest absolute Gasteiger partial charge is 0.463 e. The van der Waals surface area contributed by atoms with Gasteiger partial charge >= 0.3 is 5.97 Å². The number of thioether (sulfide) groups is 1. The molecule has 3 rings (SSSR count). The van der Waals surface area contributed by atoms with Crippen LogP contribution < -0.4 is 4.90 Å². The maximum atomic E-state index is 12.2. The fraction of sp³-hybridized carbons (Fsp3) is 0.476. The van der Waals surface area contributed by atoms with Crippen LogP contribution in [-0.4, -0.2) is 79.1 Å². The molecular formula is C21H27N3O4S. The molecule has 7 nitrogen and oxygen atoms in total. The number of anilines is 1.